The molecule has 0 aliphatic carbocycles. The lowest BCUT2D eigenvalue weighted by atomic mass is 9.93. The van der Waals surface area contributed by atoms with Crippen LogP contribution in [0.2, 0.25) is 0 Å². The van der Waals surface area contributed by atoms with Crippen molar-refractivity contribution in [2.45, 2.75) is 0 Å². The molecule has 0 atom stereocenters. The summed E-state index contributed by atoms with van der Waals surface area (Å²) in [7, 11) is 0.830. The number of rotatable bonds is 7. The third-order valence-electron chi connectivity index (χ3n) is 6.65. The minimum atomic E-state index is -0.831. The number of fused-ring (bicyclic) bond motifs is 2. The van der Waals surface area contributed by atoms with Crippen molar-refractivity contribution < 1.29 is 9.47 Å². The topological polar surface area (TPSA) is 18.5 Å². The predicted molar refractivity (Wildman–Crippen MR) is 158 cm³/mol. The van der Waals surface area contributed by atoms with Crippen molar-refractivity contribution in [2.75, 3.05) is 13.9 Å². The molecule has 0 saturated carbocycles. The lowest BCUT2D eigenvalue weighted by molar-refractivity contribution is 0.0516. The molecule has 0 N–H and O–H groups in total. The van der Waals surface area contributed by atoms with Crippen LogP contribution in [0.4, 0.5) is 0 Å². The minimum absolute atomic E-state index is 0.192. The van der Waals surface area contributed by atoms with Crippen molar-refractivity contribution in [3.63, 3.8) is 0 Å². The average Bonchev–Trinajstić information content (AvgIpc) is 2.97. The summed E-state index contributed by atoms with van der Waals surface area (Å²) >= 11 is 0. The molecule has 0 aliphatic rings. The molecule has 6 aromatic carbocycles. The second kappa shape index (κ2) is 10.6. The van der Waals surface area contributed by atoms with Gasteiger partial charge in [-0.15, -0.1) is 0 Å². The van der Waals surface area contributed by atoms with E-state index in [-0.39, 0.29) is 6.79 Å². The normalized spacial score (nSPS) is 11.3. The molecule has 0 unspecified atom stereocenters. The number of hydrogen-bond acceptors (Lipinski definition) is 2. The Bertz CT molecular complexity index is 1620. The molecule has 37 heavy (non-hydrogen) atoms. The van der Waals surface area contributed by atoms with E-state index < -0.39 is 7.92 Å². The summed E-state index contributed by atoms with van der Waals surface area (Å²) in [5.74, 6) is 0.828. The van der Waals surface area contributed by atoms with E-state index in [1.807, 2.05) is 0 Å². The molecule has 180 valence electrons. The fraction of sp³-hybridized carbons (Fsp3) is 0.0588. The summed E-state index contributed by atoms with van der Waals surface area (Å²) in [6.45, 7) is 0.192. The van der Waals surface area contributed by atoms with Gasteiger partial charge in [-0.25, -0.2) is 0 Å². The van der Waals surface area contributed by atoms with E-state index >= 15 is 0 Å². The van der Waals surface area contributed by atoms with Gasteiger partial charge in [-0.05, 0) is 51.4 Å². The van der Waals surface area contributed by atoms with Gasteiger partial charge in [-0.1, -0.05) is 127 Å². The van der Waals surface area contributed by atoms with Crippen molar-refractivity contribution in [2.24, 2.45) is 0 Å². The molecule has 2 nitrogen and oxygen atoms in total. The largest absolute Gasteiger partial charge is 0.467 e. The predicted octanol–water partition coefficient (Wildman–Crippen LogP) is 7.40. The van der Waals surface area contributed by atoms with Crippen molar-refractivity contribution in [1.82, 2.24) is 0 Å². The average molecular weight is 499 g/mol. The van der Waals surface area contributed by atoms with Gasteiger partial charge in [0.05, 0.1) is 0 Å². The zero-order chi connectivity index (χ0) is 25.0. The summed E-state index contributed by atoms with van der Waals surface area (Å²) in [6, 6.07) is 47.8. The molecular weight excluding hydrogens is 471 g/mol. The van der Waals surface area contributed by atoms with Crippen LogP contribution in [0.25, 0.3) is 32.7 Å². The van der Waals surface area contributed by atoms with E-state index in [9.17, 15) is 0 Å². The van der Waals surface area contributed by atoms with Crippen molar-refractivity contribution >= 4 is 45.4 Å². The summed E-state index contributed by atoms with van der Waals surface area (Å²) in [4.78, 5) is 0. The highest BCUT2D eigenvalue weighted by Gasteiger charge is 2.25. The van der Waals surface area contributed by atoms with Gasteiger partial charge in [0.1, 0.15) is 5.75 Å². The van der Waals surface area contributed by atoms with E-state index in [0.29, 0.717) is 0 Å². The lowest BCUT2D eigenvalue weighted by Gasteiger charge is -2.25. The molecule has 0 heterocycles. The number of ether oxygens (including phenoxy) is 2. The SMILES string of the molecule is COCOc1ccc2ccccc2c1-c1c(P(c2ccccc2)c2ccccc2)ccc2ccccc12. The lowest BCUT2D eigenvalue weighted by Crippen LogP contribution is -2.22. The second-order valence-corrected chi connectivity index (χ2v) is 11.1. The zero-order valence-electron chi connectivity index (χ0n) is 20.7. The van der Waals surface area contributed by atoms with Gasteiger partial charge in [-0.3, -0.25) is 0 Å². The molecule has 0 amide bonds. The van der Waals surface area contributed by atoms with Crippen molar-refractivity contribution in [1.29, 1.82) is 0 Å². The summed E-state index contributed by atoms with van der Waals surface area (Å²) in [5.41, 5.74) is 2.33. The highest BCUT2D eigenvalue weighted by Crippen LogP contribution is 2.45. The summed E-state index contributed by atoms with van der Waals surface area (Å²) < 4.78 is 11.6. The monoisotopic (exact) mass is 498 g/mol. The Balaban J connectivity index is 1.74. The first-order valence-corrected chi connectivity index (χ1v) is 13.7. The Kier molecular flexibility index (Phi) is 6.69. The second-order valence-electron chi connectivity index (χ2n) is 8.90. The van der Waals surface area contributed by atoms with Crippen LogP contribution in [0.3, 0.4) is 0 Å². The van der Waals surface area contributed by atoms with E-state index in [1.54, 1.807) is 7.11 Å². The van der Waals surface area contributed by atoms with Gasteiger partial charge >= 0.3 is 0 Å². The van der Waals surface area contributed by atoms with Crippen molar-refractivity contribution in [3.05, 3.63) is 133 Å². The Morgan fingerprint density at radius 1 is 0.514 bits per heavy atom. The summed E-state index contributed by atoms with van der Waals surface area (Å²) in [6.07, 6.45) is 0. The van der Waals surface area contributed by atoms with Crippen molar-refractivity contribution in [3.8, 4) is 16.9 Å². The number of benzene rings is 6. The van der Waals surface area contributed by atoms with Crippen LogP contribution in [0.1, 0.15) is 0 Å². The van der Waals surface area contributed by atoms with E-state index in [4.69, 9.17) is 9.47 Å². The van der Waals surface area contributed by atoms with E-state index in [2.05, 4.69) is 133 Å². The van der Waals surface area contributed by atoms with Gasteiger partial charge in [-0.2, -0.15) is 0 Å². The minimum Gasteiger partial charge on any atom is -0.467 e. The van der Waals surface area contributed by atoms with Crippen LogP contribution in [0.15, 0.2) is 133 Å². The maximum Gasteiger partial charge on any atom is 0.188 e. The van der Waals surface area contributed by atoms with E-state index in [1.165, 1.54) is 43.0 Å². The molecule has 6 rings (SSSR count). The smallest absolute Gasteiger partial charge is 0.188 e. The zero-order valence-corrected chi connectivity index (χ0v) is 21.6. The van der Waals surface area contributed by atoms with Gasteiger partial charge in [0, 0.05) is 18.2 Å². The first kappa shape index (κ1) is 23.4. The number of methoxy groups -OCH3 is 1. The van der Waals surface area contributed by atoms with Crippen LogP contribution in [-0.4, -0.2) is 13.9 Å². The van der Waals surface area contributed by atoms with E-state index in [0.717, 1.165) is 11.3 Å². The molecule has 6 aromatic rings. The molecule has 0 aromatic heterocycles. The molecule has 3 heteroatoms. The van der Waals surface area contributed by atoms with Crippen LogP contribution < -0.4 is 20.7 Å². The van der Waals surface area contributed by atoms with Gasteiger partial charge < -0.3 is 9.47 Å². The fourth-order valence-electron chi connectivity index (χ4n) is 5.04. The molecule has 0 saturated heterocycles. The third kappa shape index (κ3) is 4.51. The highest BCUT2D eigenvalue weighted by molar-refractivity contribution is 7.80. The summed E-state index contributed by atoms with van der Waals surface area (Å²) in [5, 5.41) is 8.74. The molecule has 0 bridgehead atoms. The molecular formula is C34H27O2P. The number of hydrogen-bond donors (Lipinski definition) is 0. The first-order valence-electron chi connectivity index (χ1n) is 12.4. The van der Waals surface area contributed by atoms with Crippen LogP contribution in [-0.2, 0) is 4.74 Å². The Morgan fingerprint density at radius 3 is 1.62 bits per heavy atom. The third-order valence-corrected chi connectivity index (χ3v) is 9.13. The van der Waals surface area contributed by atoms with Gasteiger partial charge in [0.15, 0.2) is 6.79 Å². The molecule has 0 radical (unpaired) electrons. The van der Waals surface area contributed by atoms with Gasteiger partial charge in [0.25, 0.3) is 0 Å². The van der Waals surface area contributed by atoms with Gasteiger partial charge in [0.2, 0.25) is 0 Å². The van der Waals surface area contributed by atoms with Crippen LogP contribution >= 0.6 is 7.92 Å². The standard InChI is InChI=1S/C34H27O2P/c1-35-24-36-31-22-20-25-12-8-10-18-29(25)33(31)34-30-19-11-9-13-26(30)21-23-32(34)37(27-14-4-2-5-15-27)28-16-6-3-7-17-28/h2-23H,24H2,1H3. The molecule has 0 aliphatic heterocycles. The Hall–Kier alpha value is -3.97. The molecule has 0 spiro atoms. The first-order chi connectivity index (χ1) is 18.3. The molecule has 0 fully saturated rings. The fourth-order valence-corrected chi connectivity index (χ4v) is 7.52. The highest BCUT2D eigenvalue weighted by atomic mass is 31.1. The quantitative estimate of drug-likeness (QED) is 0.169. The Labute approximate surface area is 218 Å². The Morgan fingerprint density at radius 2 is 1.03 bits per heavy atom. The van der Waals surface area contributed by atoms with Crippen LogP contribution in [0.5, 0.6) is 5.75 Å². The maximum absolute atomic E-state index is 6.23. The maximum atomic E-state index is 6.23. The van der Waals surface area contributed by atoms with Crippen LogP contribution in [0, 0.1) is 0 Å².